The molecule has 1 aliphatic rings. The zero-order chi connectivity index (χ0) is 15.2. The van der Waals surface area contributed by atoms with Crippen molar-refractivity contribution >= 4 is 5.91 Å². The van der Waals surface area contributed by atoms with Gasteiger partial charge in [-0.3, -0.25) is 4.79 Å². The predicted molar refractivity (Wildman–Crippen MR) is 87.7 cm³/mol. The van der Waals surface area contributed by atoms with Crippen LogP contribution in [0, 0.1) is 5.92 Å². The molecule has 0 bridgehead atoms. The number of carbonyl (C=O) groups is 1. The summed E-state index contributed by atoms with van der Waals surface area (Å²) in [6.07, 6.45) is 2.56. The highest BCUT2D eigenvalue weighted by Crippen LogP contribution is 2.16. The van der Waals surface area contributed by atoms with Crippen molar-refractivity contribution in [1.29, 1.82) is 0 Å². The molecule has 3 nitrogen and oxygen atoms in total. The highest BCUT2D eigenvalue weighted by molar-refractivity contribution is 5.94. The summed E-state index contributed by atoms with van der Waals surface area (Å²) in [4.78, 5) is 14.5. The van der Waals surface area contributed by atoms with Gasteiger partial charge in [-0.1, -0.05) is 32.9 Å². The van der Waals surface area contributed by atoms with Crippen LogP contribution in [-0.2, 0) is 0 Å². The Morgan fingerprint density at radius 1 is 1.24 bits per heavy atom. The zero-order valence-electron chi connectivity index (χ0n) is 13.6. The molecule has 1 aromatic carbocycles. The third-order valence-corrected chi connectivity index (χ3v) is 4.43. The first-order valence-electron chi connectivity index (χ1n) is 8.16. The number of benzene rings is 1. The molecule has 3 heteroatoms. The van der Waals surface area contributed by atoms with Crippen molar-refractivity contribution in [2.45, 2.75) is 39.5 Å². The molecule has 0 aromatic heterocycles. The molecule has 0 unspecified atom stereocenters. The maximum atomic E-state index is 12.1. The largest absolute Gasteiger partial charge is 0.351 e. The van der Waals surface area contributed by atoms with Gasteiger partial charge in [-0.15, -0.1) is 0 Å². The van der Waals surface area contributed by atoms with Gasteiger partial charge in [0.2, 0.25) is 0 Å². The number of piperidine rings is 1. The van der Waals surface area contributed by atoms with E-state index in [0.29, 0.717) is 5.92 Å². The van der Waals surface area contributed by atoms with Gasteiger partial charge in [-0.25, -0.2) is 0 Å². The summed E-state index contributed by atoms with van der Waals surface area (Å²) < 4.78 is 0. The van der Waals surface area contributed by atoms with Gasteiger partial charge in [0.15, 0.2) is 0 Å². The van der Waals surface area contributed by atoms with Gasteiger partial charge in [-0.05, 0) is 55.5 Å². The number of likely N-dealkylation sites (tertiary alicyclic amines) is 1. The van der Waals surface area contributed by atoms with Crippen LogP contribution < -0.4 is 5.32 Å². The van der Waals surface area contributed by atoms with Crippen molar-refractivity contribution in [3.8, 4) is 0 Å². The Hall–Kier alpha value is -1.35. The van der Waals surface area contributed by atoms with Crippen LogP contribution in [0.3, 0.4) is 0 Å². The summed E-state index contributed by atoms with van der Waals surface area (Å²) in [6, 6.07) is 7.94. The van der Waals surface area contributed by atoms with E-state index in [9.17, 15) is 4.79 Å². The fourth-order valence-electron chi connectivity index (χ4n) is 2.73. The molecule has 1 N–H and O–H groups in total. The van der Waals surface area contributed by atoms with Gasteiger partial charge in [0.1, 0.15) is 0 Å². The third-order valence-electron chi connectivity index (χ3n) is 4.43. The molecule has 1 saturated heterocycles. The number of rotatable bonds is 5. The summed E-state index contributed by atoms with van der Waals surface area (Å²) in [6.45, 7) is 10.7. The molecule has 0 spiro atoms. The minimum Gasteiger partial charge on any atom is -0.351 e. The lowest BCUT2D eigenvalue weighted by Crippen LogP contribution is -2.39. The summed E-state index contributed by atoms with van der Waals surface area (Å²) in [5.41, 5.74) is 2.03. The fourth-order valence-corrected chi connectivity index (χ4v) is 2.73. The zero-order valence-corrected chi connectivity index (χ0v) is 13.6. The van der Waals surface area contributed by atoms with E-state index in [1.54, 1.807) is 0 Å². The average Bonchev–Trinajstić information content (AvgIpc) is 2.49. The Labute approximate surface area is 128 Å². The van der Waals surface area contributed by atoms with Crippen LogP contribution >= 0.6 is 0 Å². The minimum atomic E-state index is 0.0377. The standard InChI is InChI=1S/C18H28N2O/c1-14(2)16-4-6-17(7-5-16)18(21)19-10-13-20-11-8-15(3)9-12-20/h4-7,14-15H,8-13H2,1-3H3,(H,19,21). The van der Waals surface area contributed by atoms with Gasteiger partial charge in [-0.2, -0.15) is 0 Å². The van der Waals surface area contributed by atoms with Gasteiger partial charge in [0, 0.05) is 18.7 Å². The van der Waals surface area contributed by atoms with E-state index in [1.165, 1.54) is 31.5 Å². The fraction of sp³-hybridized carbons (Fsp3) is 0.611. The second-order valence-corrected chi connectivity index (χ2v) is 6.56. The number of hydrogen-bond donors (Lipinski definition) is 1. The second-order valence-electron chi connectivity index (χ2n) is 6.56. The van der Waals surface area contributed by atoms with E-state index in [1.807, 2.05) is 24.3 Å². The summed E-state index contributed by atoms with van der Waals surface area (Å²) in [5, 5.41) is 3.03. The lowest BCUT2D eigenvalue weighted by atomic mass is 9.99. The molecule has 0 atom stereocenters. The van der Waals surface area contributed by atoms with Crippen molar-refractivity contribution in [2.24, 2.45) is 5.92 Å². The van der Waals surface area contributed by atoms with Crippen LogP contribution in [0.1, 0.15) is 55.5 Å². The van der Waals surface area contributed by atoms with Gasteiger partial charge in [0.05, 0.1) is 0 Å². The van der Waals surface area contributed by atoms with E-state index in [2.05, 4.69) is 31.0 Å². The van der Waals surface area contributed by atoms with Crippen LogP contribution in [0.4, 0.5) is 0 Å². The van der Waals surface area contributed by atoms with Gasteiger partial charge < -0.3 is 10.2 Å². The lowest BCUT2D eigenvalue weighted by molar-refractivity contribution is 0.0944. The SMILES string of the molecule is CC1CCN(CCNC(=O)c2ccc(C(C)C)cc2)CC1. The molecule has 0 aliphatic carbocycles. The van der Waals surface area contributed by atoms with Crippen LogP contribution in [-0.4, -0.2) is 37.0 Å². The number of hydrogen-bond acceptors (Lipinski definition) is 2. The minimum absolute atomic E-state index is 0.0377. The quantitative estimate of drug-likeness (QED) is 0.902. The van der Waals surface area contributed by atoms with Crippen molar-refractivity contribution in [1.82, 2.24) is 10.2 Å². The number of carbonyl (C=O) groups excluding carboxylic acids is 1. The van der Waals surface area contributed by atoms with E-state index < -0.39 is 0 Å². The van der Waals surface area contributed by atoms with Crippen LogP contribution in [0.15, 0.2) is 24.3 Å². The number of nitrogens with zero attached hydrogens (tertiary/aromatic N) is 1. The first-order valence-corrected chi connectivity index (χ1v) is 8.16. The Kier molecular flexibility index (Phi) is 5.80. The second kappa shape index (κ2) is 7.60. The molecule has 0 saturated carbocycles. The molecule has 0 radical (unpaired) electrons. The third kappa shape index (κ3) is 4.85. The molecule has 1 amide bonds. The predicted octanol–water partition coefficient (Wildman–Crippen LogP) is 3.27. The smallest absolute Gasteiger partial charge is 0.251 e. The normalized spacial score (nSPS) is 17.1. The van der Waals surface area contributed by atoms with Crippen molar-refractivity contribution < 1.29 is 4.79 Å². The molecule has 1 aromatic rings. The number of amides is 1. The topological polar surface area (TPSA) is 32.3 Å². The highest BCUT2D eigenvalue weighted by Gasteiger charge is 2.15. The van der Waals surface area contributed by atoms with Crippen molar-refractivity contribution in [3.05, 3.63) is 35.4 Å². The molecule has 116 valence electrons. The van der Waals surface area contributed by atoms with Crippen molar-refractivity contribution in [3.63, 3.8) is 0 Å². The monoisotopic (exact) mass is 288 g/mol. The van der Waals surface area contributed by atoms with Crippen molar-refractivity contribution in [2.75, 3.05) is 26.2 Å². The lowest BCUT2D eigenvalue weighted by Gasteiger charge is -2.30. The summed E-state index contributed by atoms with van der Waals surface area (Å²) in [7, 11) is 0. The van der Waals surface area contributed by atoms with Gasteiger partial charge in [0.25, 0.3) is 5.91 Å². The summed E-state index contributed by atoms with van der Waals surface area (Å²) >= 11 is 0. The maximum Gasteiger partial charge on any atom is 0.251 e. The first kappa shape index (κ1) is 16.0. The molecule has 21 heavy (non-hydrogen) atoms. The molecule has 1 fully saturated rings. The van der Waals surface area contributed by atoms with Crippen LogP contribution in [0.2, 0.25) is 0 Å². The summed E-state index contributed by atoms with van der Waals surface area (Å²) in [5.74, 6) is 1.40. The average molecular weight is 288 g/mol. The Morgan fingerprint density at radius 2 is 1.86 bits per heavy atom. The van der Waals surface area contributed by atoms with E-state index in [0.717, 1.165) is 24.6 Å². The highest BCUT2D eigenvalue weighted by atomic mass is 16.1. The first-order chi connectivity index (χ1) is 10.1. The molecule has 1 aliphatic heterocycles. The van der Waals surface area contributed by atoms with E-state index >= 15 is 0 Å². The Bertz CT molecular complexity index is 445. The molecular weight excluding hydrogens is 260 g/mol. The van der Waals surface area contributed by atoms with Crippen LogP contribution in [0.5, 0.6) is 0 Å². The maximum absolute atomic E-state index is 12.1. The van der Waals surface area contributed by atoms with Crippen LogP contribution in [0.25, 0.3) is 0 Å². The number of nitrogens with one attached hydrogen (secondary N) is 1. The van der Waals surface area contributed by atoms with Gasteiger partial charge >= 0.3 is 0 Å². The molecular formula is C18H28N2O. The molecule has 2 rings (SSSR count). The van der Waals surface area contributed by atoms with E-state index in [-0.39, 0.29) is 5.91 Å². The van der Waals surface area contributed by atoms with E-state index in [4.69, 9.17) is 0 Å². The molecule has 1 heterocycles. The Morgan fingerprint density at radius 3 is 2.43 bits per heavy atom. The Balaban J connectivity index is 1.74.